The fourth-order valence-corrected chi connectivity index (χ4v) is 10.5. The Bertz CT molecular complexity index is 2710. The summed E-state index contributed by atoms with van der Waals surface area (Å²) in [6, 6.07) is 19.3. The third-order valence-electron chi connectivity index (χ3n) is 14.7. The normalized spacial score (nSPS) is 18.1. The molecule has 4 aliphatic rings. The van der Waals surface area contributed by atoms with E-state index in [1.165, 1.54) is 18.2 Å². The van der Waals surface area contributed by atoms with Gasteiger partial charge in [-0.1, -0.05) is 61.8 Å². The van der Waals surface area contributed by atoms with Gasteiger partial charge in [-0.2, -0.15) is 0 Å². The Morgan fingerprint density at radius 2 is 1.54 bits per heavy atom. The molecule has 9 rings (SSSR count). The fourth-order valence-electron chi connectivity index (χ4n) is 10.3. The first kappa shape index (κ1) is 55.7. The van der Waals surface area contributed by atoms with Gasteiger partial charge in [-0.05, 0) is 85.5 Å². The third-order valence-corrected chi connectivity index (χ3v) is 14.9. The molecule has 5 N–H and O–H groups in total. The number of hydrogen-bond acceptors (Lipinski definition) is 15. The number of anilines is 2. The zero-order chi connectivity index (χ0) is 53.4. The van der Waals surface area contributed by atoms with E-state index in [1.807, 2.05) is 59.3 Å². The minimum absolute atomic E-state index is 0.0523. The van der Waals surface area contributed by atoms with E-state index >= 15 is 0 Å². The summed E-state index contributed by atoms with van der Waals surface area (Å²) < 4.78 is 0. The van der Waals surface area contributed by atoms with Gasteiger partial charge in [0.2, 0.25) is 17.7 Å². The maximum absolute atomic E-state index is 13.9. The number of aryl methyl sites for hydroxylation is 1. The number of pyridine rings is 1. The highest BCUT2D eigenvalue weighted by Gasteiger charge is 2.34. The summed E-state index contributed by atoms with van der Waals surface area (Å²) in [6.45, 7) is 15.3. The van der Waals surface area contributed by atoms with Crippen molar-refractivity contribution in [2.75, 3.05) is 115 Å². The summed E-state index contributed by atoms with van der Waals surface area (Å²) in [5.74, 6) is 1.43. The monoisotopic (exact) mass is 1060 g/mol. The highest BCUT2D eigenvalue weighted by atomic mass is 35.5. The Kier molecular flexibility index (Phi) is 20.2. The van der Waals surface area contributed by atoms with Crippen LogP contribution in [0.1, 0.15) is 83.7 Å². The van der Waals surface area contributed by atoms with Gasteiger partial charge in [0.25, 0.3) is 5.91 Å². The summed E-state index contributed by atoms with van der Waals surface area (Å²) in [5.41, 5.74) is 7.26. The van der Waals surface area contributed by atoms with Gasteiger partial charge in [0, 0.05) is 120 Å². The number of fused-ring (bicyclic) bond motifs is 1. The van der Waals surface area contributed by atoms with Crippen molar-refractivity contribution >= 4 is 46.7 Å². The molecule has 0 saturated carbocycles. The molecule has 404 valence electrons. The molecule has 0 bridgehead atoms. The van der Waals surface area contributed by atoms with Gasteiger partial charge in [0.05, 0.1) is 42.7 Å². The lowest BCUT2D eigenvalue weighted by Crippen LogP contribution is -2.51. The van der Waals surface area contributed by atoms with Crippen LogP contribution >= 0.6 is 11.6 Å². The highest BCUT2D eigenvalue weighted by Crippen LogP contribution is 2.43. The molecule has 0 radical (unpaired) electrons. The lowest BCUT2D eigenvalue weighted by atomic mass is 9.95. The van der Waals surface area contributed by atoms with Crippen LogP contribution in [0.15, 0.2) is 85.7 Å². The number of aliphatic hydroxyl groups excluding tert-OH is 1. The van der Waals surface area contributed by atoms with Crippen LogP contribution in [0.2, 0.25) is 5.02 Å². The molecule has 20 heteroatoms. The number of carbonyl (C=O) groups is 4. The molecule has 1 aliphatic carbocycles. The molecular formula is C56H73ClN14O5. The van der Waals surface area contributed by atoms with Crippen molar-refractivity contribution in [3.05, 3.63) is 125 Å². The second kappa shape index (κ2) is 27.5. The molecule has 3 aromatic heterocycles. The second-order valence-corrected chi connectivity index (χ2v) is 20.5. The molecule has 6 heterocycles. The molecule has 0 spiro atoms. The lowest BCUT2D eigenvalue weighted by molar-refractivity contribution is -0.130. The molecule has 2 aromatic carbocycles. The summed E-state index contributed by atoms with van der Waals surface area (Å²) >= 11 is 5.90. The molecule has 76 heavy (non-hydrogen) atoms. The highest BCUT2D eigenvalue weighted by molar-refractivity contribution is 6.30. The smallest absolute Gasteiger partial charge is 0.274 e. The SMILES string of the molecule is CCc1cccc(-c2cnc(C(=O)N3CCC(CN4CCN(CC(=O)NCCNC)CC4)CC3)c(NC(=O)CNCc3ccncn3)c2)c1.C[C@@H]1CC(O)c2ncnc(N3CCN(C(=O)Cc4ccc(Cl)cc4)CC3)c21. The zero-order valence-corrected chi connectivity index (χ0v) is 44.9. The topological polar surface area (TPSA) is 217 Å². The number of piperazine rings is 2. The van der Waals surface area contributed by atoms with Crippen molar-refractivity contribution in [2.24, 2.45) is 5.92 Å². The summed E-state index contributed by atoms with van der Waals surface area (Å²) in [4.78, 5) is 83.9. The van der Waals surface area contributed by atoms with Gasteiger partial charge >= 0.3 is 0 Å². The summed E-state index contributed by atoms with van der Waals surface area (Å²) in [7, 11) is 1.87. The number of amides is 4. The third kappa shape index (κ3) is 15.3. The quantitative estimate of drug-likeness (QED) is 0.0778. The van der Waals surface area contributed by atoms with Crippen LogP contribution < -0.4 is 26.2 Å². The molecule has 3 saturated heterocycles. The largest absolute Gasteiger partial charge is 0.387 e. The van der Waals surface area contributed by atoms with Gasteiger partial charge in [-0.25, -0.2) is 24.9 Å². The van der Waals surface area contributed by atoms with Crippen molar-refractivity contribution in [1.82, 2.24) is 60.5 Å². The molecule has 2 atom stereocenters. The van der Waals surface area contributed by atoms with Gasteiger partial charge < -0.3 is 46.0 Å². The Morgan fingerprint density at radius 3 is 2.26 bits per heavy atom. The predicted molar refractivity (Wildman–Crippen MR) is 294 cm³/mol. The van der Waals surface area contributed by atoms with Crippen LogP contribution in [-0.2, 0) is 33.8 Å². The van der Waals surface area contributed by atoms with E-state index in [0.717, 1.165) is 111 Å². The van der Waals surface area contributed by atoms with Crippen molar-refractivity contribution in [3.63, 3.8) is 0 Å². The number of nitrogens with zero attached hydrogens (tertiary/aromatic N) is 10. The van der Waals surface area contributed by atoms with Crippen LogP contribution in [0, 0.1) is 5.92 Å². The zero-order valence-electron chi connectivity index (χ0n) is 44.1. The Hall–Kier alpha value is -6.48. The lowest BCUT2D eigenvalue weighted by Gasteiger charge is -2.38. The molecule has 3 aliphatic heterocycles. The number of aromatic nitrogens is 5. The van der Waals surface area contributed by atoms with Crippen molar-refractivity contribution in [2.45, 2.75) is 64.5 Å². The van der Waals surface area contributed by atoms with E-state index in [2.05, 4.69) is 86.9 Å². The summed E-state index contributed by atoms with van der Waals surface area (Å²) in [5, 5.41) is 22.9. The van der Waals surface area contributed by atoms with Crippen molar-refractivity contribution < 1.29 is 24.3 Å². The van der Waals surface area contributed by atoms with Crippen LogP contribution in [0.3, 0.4) is 0 Å². The average molecular weight is 1060 g/mol. The number of piperidine rings is 1. The van der Waals surface area contributed by atoms with Crippen LogP contribution in [-0.4, -0.2) is 178 Å². The van der Waals surface area contributed by atoms with E-state index in [0.29, 0.717) is 75.3 Å². The number of rotatable bonds is 18. The molecule has 4 amide bonds. The number of aliphatic hydroxyl groups is 1. The van der Waals surface area contributed by atoms with Gasteiger partial charge in [-0.15, -0.1) is 0 Å². The Morgan fingerprint density at radius 1 is 0.776 bits per heavy atom. The van der Waals surface area contributed by atoms with Gasteiger partial charge in [0.15, 0.2) is 5.69 Å². The second-order valence-electron chi connectivity index (χ2n) is 20.1. The van der Waals surface area contributed by atoms with Crippen LogP contribution in [0.4, 0.5) is 11.5 Å². The van der Waals surface area contributed by atoms with E-state index < -0.39 is 6.10 Å². The number of benzene rings is 2. The first-order chi connectivity index (χ1) is 36.9. The van der Waals surface area contributed by atoms with Gasteiger partial charge in [-0.3, -0.25) is 24.1 Å². The standard InChI is InChI=1S/C36H50N10O3.C20H23ClN4O2/c1-3-27-5-4-6-29(19-27)30-20-32(43-33(47)23-39-22-31-7-10-38-26-42-31)35(41-21-30)36(49)46-13-8-28(9-14-46)24-44-15-17-45(18-16-44)25-34(48)40-12-11-37-2;1-13-10-16(26)19-18(13)20(23-12-22-19)25-8-6-24(7-9-25)17(27)11-14-2-4-15(21)5-3-14/h4-7,10,19-21,26,28,37,39H,3,8-9,11-18,22-25H2,1-2H3,(H,40,48)(H,43,47);2-5,12-13,16,26H,6-11H2,1H3/t;13-,16?/m.1/s1. The van der Waals surface area contributed by atoms with Crippen molar-refractivity contribution in [1.29, 1.82) is 0 Å². The molecular weight excluding hydrogens is 984 g/mol. The fraction of sp³-hybridized carbons (Fsp3) is 0.482. The number of nitrogens with one attached hydrogen (secondary N) is 4. The number of hydrogen-bond donors (Lipinski definition) is 5. The van der Waals surface area contributed by atoms with E-state index in [9.17, 15) is 24.3 Å². The Balaban J connectivity index is 0.000000237. The first-order valence-corrected chi connectivity index (χ1v) is 27.1. The minimum Gasteiger partial charge on any atom is -0.387 e. The van der Waals surface area contributed by atoms with Crippen LogP contribution in [0.5, 0.6) is 0 Å². The maximum atomic E-state index is 13.9. The average Bonchev–Trinajstić information content (AvgIpc) is 3.76. The Labute approximate surface area is 451 Å². The molecule has 5 aromatic rings. The van der Waals surface area contributed by atoms with E-state index in [-0.39, 0.29) is 41.8 Å². The predicted octanol–water partition coefficient (Wildman–Crippen LogP) is 4.20. The number of likely N-dealkylation sites (N-methyl/N-ethyl adjacent to an activating group) is 1. The number of likely N-dealkylation sites (tertiary alicyclic amines) is 1. The van der Waals surface area contributed by atoms with Crippen molar-refractivity contribution in [3.8, 4) is 11.1 Å². The van der Waals surface area contributed by atoms with Crippen LogP contribution in [0.25, 0.3) is 11.1 Å². The van der Waals surface area contributed by atoms with Gasteiger partial charge in [0.1, 0.15) is 18.5 Å². The first-order valence-electron chi connectivity index (χ1n) is 26.7. The molecule has 3 fully saturated rings. The molecule has 19 nitrogen and oxygen atoms in total. The minimum atomic E-state index is -0.501. The number of halogens is 1. The number of carbonyl (C=O) groups excluding carboxylic acids is 4. The van der Waals surface area contributed by atoms with E-state index in [1.54, 1.807) is 18.5 Å². The maximum Gasteiger partial charge on any atom is 0.274 e. The van der Waals surface area contributed by atoms with E-state index in [4.69, 9.17) is 11.6 Å². The summed E-state index contributed by atoms with van der Waals surface area (Å²) in [6.07, 6.45) is 9.71. The molecule has 1 unspecified atom stereocenters.